The number of epoxide rings is 1. The minimum atomic E-state index is -2.39. The fraction of sp³-hybridized carbons (Fsp3) is 0.429. The highest BCUT2D eigenvalue weighted by molar-refractivity contribution is 6.99. The van der Waals surface area contributed by atoms with Crippen LogP contribution in [-0.4, -0.2) is 27.6 Å². The summed E-state index contributed by atoms with van der Waals surface area (Å²) in [4.78, 5) is 0. The van der Waals surface area contributed by atoms with Crippen molar-refractivity contribution in [2.24, 2.45) is 5.92 Å². The molecule has 1 aliphatic rings. The third kappa shape index (κ3) is 3.34. The van der Waals surface area contributed by atoms with Gasteiger partial charge in [-0.05, 0) is 15.4 Å². The Kier molecular flexibility index (Phi) is 4.95. The molecule has 3 rings (SSSR count). The van der Waals surface area contributed by atoms with E-state index in [2.05, 4.69) is 88.4 Å². The molecule has 0 aliphatic carbocycles. The van der Waals surface area contributed by atoms with Crippen LogP contribution in [0.25, 0.3) is 0 Å². The number of hydrogen-bond donors (Lipinski definition) is 0. The highest BCUT2D eigenvalue weighted by Gasteiger charge is 2.50. The van der Waals surface area contributed by atoms with Crippen molar-refractivity contribution in [3.8, 4) is 0 Å². The SMILES string of the molecule is C[C@@H](CO[Si](c1ccccc1)(c1ccccc1)C(C)(C)C)C1CO1. The molecule has 2 aromatic rings. The predicted molar refractivity (Wildman–Crippen MR) is 102 cm³/mol. The molecule has 1 fully saturated rings. The van der Waals surface area contributed by atoms with Gasteiger partial charge in [0, 0.05) is 12.5 Å². The smallest absolute Gasteiger partial charge is 0.261 e. The molecule has 2 atom stereocenters. The van der Waals surface area contributed by atoms with Crippen LogP contribution in [0.1, 0.15) is 27.7 Å². The van der Waals surface area contributed by atoms with Gasteiger partial charge in [-0.3, -0.25) is 0 Å². The molecule has 3 heteroatoms. The molecule has 0 N–H and O–H groups in total. The molecule has 0 amide bonds. The third-order valence-electron chi connectivity index (χ3n) is 4.97. The predicted octanol–water partition coefficient (Wildman–Crippen LogP) is 3.60. The van der Waals surface area contributed by atoms with Crippen LogP contribution in [-0.2, 0) is 9.16 Å². The van der Waals surface area contributed by atoms with E-state index in [9.17, 15) is 0 Å². The first-order valence-corrected chi connectivity index (χ1v) is 10.7. The summed E-state index contributed by atoms with van der Waals surface area (Å²) in [7, 11) is -2.39. The van der Waals surface area contributed by atoms with E-state index in [4.69, 9.17) is 9.16 Å². The van der Waals surface area contributed by atoms with E-state index in [-0.39, 0.29) is 5.04 Å². The Labute approximate surface area is 146 Å². The van der Waals surface area contributed by atoms with Gasteiger partial charge in [0.25, 0.3) is 8.32 Å². The van der Waals surface area contributed by atoms with E-state index in [1.54, 1.807) is 0 Å². The Morgan fingerprint density at radius 1 is 1.00 bits per heavy atom. The van der Waals surface area contributed by atoms with Crippen LogP contribution in [0.15, 0.2) is 60.7 Å². The lowest BCUT2D eigenvalue weighted by Gasteiger charge is -2.43. The van der Waals surface area contributed by atoms with Gasteiger partial charge < -0.3 is 9.16 Å². The minimum absolute atomic E-state index is 0.0415. The highest BCUT2D eigenvalue weighted by Crippen LogP contribution is 2.37. The van der Waals surface area contributed by atoms with Crippen molar-refractivity contribution in [1.82, 2.24) is 0 Å². The van der Waals surface area contributed by atoms with Gasteiger partial charge in [0.2, 0.25) is 0 Å². The van der Waals surface area contributed by atoms with Crippen LogP contribution >= 0.6 is 0 Å². The molecular weight excluding hydrogens is 312 g/mol. The zero-order valence-corrected chi connectivity index (χ0v) is 16.2. The lowest BCUT2D eigenvalue weighted by atomic mass is 10.1. The molecular formula is C21H28O2Si. The second kappa shape index (κ2) is 6.83. The van der Waals surface area contributed by atoms with E-state index < -0.39 is 8.32 Å². The topological polar surface area (TPSA) is 21.8 Å². The van der Waals surface area contributed by atoms with Crippen molar-refractivity contribution in [3.63, 3.8) is 0 Å². The Morgan fingerprint density at radius 3 is 1.83 bits per heavy atom. The number of benzene rings is 2. The summed E-state index contributed by atoms with van der Waals surface area (Å²) >= 11 is 0. The van der Waals surface area contributed by atoms with Gasteiger partial charge >= 0.3 is 0 Å². The van der Waals surface area contributed by atoms with Crippen molar-refractivity contribution in [2.45, 2.75) is 38.8 Å². The van der Waals surface area contributed by atoms with Crippen LogP contribution in [0, 0.1) is 5.92 Å². The van der Waals surface area contributed by atoms with E-state index in [0.717, 1.165) is 13.2 Å². The maximum Gasteiger partial charge on any atom is 0.261 e. The van der Waals surface area contributed by atoms with Gasteiger partial charge in [-0.1, -0.05) is 88.4 Å². The molecule has 0 aromatic heterocycles. The van der Waals surface area contributed by atoms with Gasteiger partial charge in [-0.2, -0.15) is 0 Å². The maximum atomic E-state index is 6.89. The van der Waals surface area contributed by atoms with E-state index in [0.29, 0.717) is 12.0 Å². The second-order valence-electron chi connectivity index (χ2n) is 7.82. The molecule has 1 heterocycles. The number of hydrogen-bond acceptors (Lipinski definition) is 2. The normalized spacial score (nSPS) is 19.1. The first kappa shape index (κ1) is 17.4. The van der Waals surface area contributed by atoms with Crippen molar-refractivity contribution in [3.05, 3.63) is 60.7 Å². The largest absolute Gasteiger partial charge is 0.407 e. The van der Waals surface area contributed by atoms with Crippen molar-refractivity contribution < 1.29 is 9.16 Å². The molecule has 1 unspecified atom stereocenters. The van der Waals surface area contributed by atoms with Gasteiger partial charge in [0.15, 0.2) is 0 Å². The van der Waals surface area contributed by atoms with Crippen molar-refractivity contribution >= 4 is 18.7 Å². The van der Waals surface area contributed by atoms with Crippen LogP contribution < -0.4 is 10.4 Å². The van der Waals surface area contributed by atoms with Crippen LogP contribution in [0.3, 0.4) is 0 Å². The average Bonchev–Trinajstić information content (AvgIpc) is 3.41. The molecule has 2 nitrogen and oxygen atoms in total. The standard InChI is InChI=1S/C21H28O2Si/c1-17(20-16-22-20)15-23-24(21(2,3)4,18-11-7-5-8-12-18)19-13-9-6-10-14-19/h5-14,17,20H,15-16H2,1-4H3/t17-,20?/m0/s1. The summed E-state index contributed by atoms with van der Waals surface area (Å²) in [5, 5.41) is 2.72. The molecule has 1 saturated heterocycles. The fourth-order valence-corrected chi connectivity index (χ4v) is 8.18. The summed E-state index contributed by atoms with van der Waals surface area (Å²) in [5.74, 6) is 0.437. The molecule has 0 radical (unpaired) electrons. The zero-order chi connectivity index (χ0) is 17.2. The first-order valence-electron chi connectivity index (χ1n) is 8.82. The van der Waals surface area contributed by atoms with E-state index in [1.165, 1.54) is 10.4 Å². The van der Waals surface area contributed by atoms with Crippen molar-refractivity contribution in [2.75, 3.05) is 13.2 Å². The summed E-state index contributed by atoms with van der Waals surface area (Å²) in [6.45, 7) is 10.8. The fourth-order valence-electron chi connectivity index (χ4n) is 3.51. The van der Waals surface area contributed by atoms with Gasteiger partial charge in [-0.25, -0.2) is 0 Å². The van der Waals surface area contributed by atoms with Crippen LogP contribution in [0.4, 0.5) is 0 Å². The average molecular weight is 341 g/mol. The summed E-state index contributed by atoms with van der Waals surface area (Å²) in [6, 6.07) is 21.6. The van der Waals surface area contributed by atoms with Gasteiger partial charge in [-0.15, -0.1) is 0 Å². The van der Waals surface area contributed by atoms with E-state index in [1.807, 2.05) is 0 Å². The molecule has 2 aromatic carbocycles. The monoisotopic (exact) mass is 340 g/mol. The first-order chi connectivity index (χ1) is 11.4. The lowest BCUT2D eigenvalue weighted by Crippen LogP contribution is -2.67. The molecule has 1 aliphatic heterocycles. The lowest BCUT2D eigenvalue weighted by molar-refractivity contribution is 0.212. The van der Waals surface area contributed by atoms with Crippen molar-refractivity contribution in [1.29, 1.82) is 0 Å². The Balaban J connectivity index is 2.06. The summed E-state index contributed by atoms with van der Waals surface area (Å²) in [6.07, 6.45) is 0.378. The molecule has 24 heavy (non-hydrogen) atoms. The Hall–Kier alpha value is -1.42. The Morgan fingerprint density at radius 2 is 1.46 bits per heavy atom. The third-order valence-corrected chi connectivity index (χ3v) is 9.98. The molecule has 0 spiro atoms. The number of ether oxygens (including phenoxy) is 1. The summed E-state index contributed by atoms with van der Waals surface area (Å²) < 4.78 is 12.4. The molecule has 128 valence electrons. The minimum Gasteiger partial charge on any atom is -0.407 e. The highest BCUT2D eigenvalue weighted by atomic mass is 28.4. The molecule has 0 saturated carbocycles. The summed E-state index contributed by atoms with van der Waals surface area (Å²) in [5.41, 5.74) is 0. The quantitative estimate of drug-likeness (QED) is 0.592. The second-order valence-corrected chi connectivity index (χ2v) is 12.1. The molecule has 0 bridgehead atoms. The zero-order valence-electron chi connectivity index (χ0n) is 15.2. The van der Waals surface area contributed by atoms with Gasteiger partial charge in [0.1, 0.15) is 0 Å². The number of rotatable bonds is 6. The van der Waals surface area contributed by atoms with Crippen LogP contribution in [0.5, 0.6) is 0 Å². The van der Waals surface area contributed by atoms with E-state index >= 15 is 0 Å². The maximum absolute atomic E-state index is 6.89. The Bertz CT molecular complexity index is 605. The van der Waals surface area contributed by atoms with Gasteiger partial charge in [0.05, 0.1) is 12.7 Å². The van der Waals surface area contributed by atoms with Crippen LogP contribution in [0.2, 0.25) is 5.04 Å².